The van der Waals surface area contributed by atoms with Crippen molar-refractivity contribution in [3.8, 4) is 0 Å². The van der Waals surface area contributed by atoms with Gasteiger partial charge in [-0.05, 0) is 84.8 Å². The van der Waals surface area contributed by atoms with Crippen LogP contribution in [-0.2, 0) is 6.54 Å². The molecular formula is C35H28N2O. The highest BCUT2D eigenvalue weighted by molar-refractivity contribution is 6.10. The van der Waals surface area contributed by atoms with E-state index in [1.807, 2.05) is 30.3 Å². The van der Waals surface area contributed by atoms with Gasteiger partial charge in [-0.1, -0.05) is 66.7 Å². The summed E-state index contributed by atoms with van der Waals surface area (Å²) in [6.45, 7) is 3.03. The second kappa shape index (κ2) is 10.2. The van der Waals surface area contributed by atoms with Crippen LogP contribution in [0.3, 0.4) is 0 Å². The summed E-state index contributed by atoms with van der Waals surface area (Å²) in [6.07, 6.45) is 5.22. The van der Waals surface area contributed by atoms with Crippen molar-refractivity contribution in [3.63, 3.8) is 0 Å². The lowest BCUT2D eigenvalue weighted by molar-refractivity contribution is 0.112. The van der Waals surface area contributed by atoms with Crippen LogP contribution >= 0.6 is 0 Å². The summed E-state index contributed by atoms with van der Waals surface area (Å²) in [5.74, 6) is 0. The van der Waals surface area contributed by atoms with Crippen molar-refractivity contribution in [2.24, 2.45) is 0 Å². The van der Waals surface area contributed by atoms with Gasteiger partial charge in [-0.2, -0.15) is 0 Å². The molecule has 3 nitrogen and oxygen atoms in total. The third kappa shape index (κ3) is 4.39. The molecule has 6 aromatic rings. The molecule has 1 heterocycles. The molecule has 0 spiro atoms. The van der Waals surface area contributed by atoms with Crippen LogP contribution in [0.25, 0.3) is 34.0 Å². The zero-order chi connectivity index (χ0) is 25.9. The van der Waals surface area contributed by atoms with Gasteiger partial charge in [0.25, 0.3) is 0 Å². The standard InChI is InChI=1S/C35H28N2O/c1-2-36-34-21-17-27(23-32(34)33-24-28(25-38)18-22-35(33)36)14-13-26-15-19-31(20-16-26)37(29-9-5-3-6-10-29)30-11-7-4-8-12-30/h3-25H,2H2,1H3. The summed E-state index contributed by atoms with van der Waals surface area (Å²) >= 11 is 0. The maximum absolute atomic E-state index is 11.4. The first-order chi connectivity index (χ1) is 18.7. The van der Waals surface area contributed by atoms with Gasteiger partial charge in [0, 0.05) is 51.0 Å². The van der Waals surface area contributed by atoms with E-state index in [0.29, 0.717) is 5.56 Å². The summed E-state index contributed by atoms with van der Waals surface area (Å²) < 4.78 is 2.30. The number of aromatic nitrogens is 1. The molecule has 0 bridgehead atoms. The molecular weight excluding hydrogens is 464 g/mol. The minimum absolute atomic E-state index is 0.703. The molecule has 1 aromatic heterocycles. The van der Waals surface area contributed by atoms with Crippen molar-refractivity contribution in [1.82, 2.24) is 4.57 Å². The number of hydrogen-bond acceptors (Lipinski definition) is 2. The fourth-order valence-electron chi connectivity index (χ4n) is 5.19. The number of aldehydes is 1. The fraction of sp³-hybridized carbons (Fsp3) is 0.0571. The minimum atomic E-state index is 0.703. The average molecular weight is 493 g/mol. The number of hydrogen-bond donors (Lipinski definition) is 0. The molecule has 0 atom stereocenters. The SMILES string of the molecule is CCn1c2ccc(C=O)cc2c2cc(C=Cc3ccc(N(c4ccccc4)c4ccccc4)cc3)ccc21. The molecule has 38 heavy (non-hydrogen) atoms. The molecule has 0 aliphatic rings. The zero-order valence-electron chi connectivity index (χ0n) is 21.3. The molecule has 0 aliphatic heterocycles. The number of aryl methyl sites for hydroxylation is 1. The van der Waals surface area contributed by atoms with Crippen LogP contribution in [0.1, 0.15) is 28.4 Å². The lowest BCUT2D eigenvalue weighted by Crippen LogP contribution is -2.09. The Morgan fingerprint density at radius 3 is 1.61 bits per heavy atom. The van der Waals surface area contributed by atoms with E-state index >= 15 is 0 Å². The van der Waals surface area contributed by atoms with Gasteiger partial charge < -0.3 is 9.47 Å². The maximum atomic E-state index is 11.4. The van der Waals surface area contributed by atoms with Crippen LogP contribution in [0.15, 0.2) is 121 Å². The van der Waals surface area contributed by atoms with Gasteiger partial charge in [-0.25, -0.2) is 0 Å². The summed E-state index contributed by atoms with van der Waals surface area (Å²) in [4.78, 5) is 13.7. The largest absolute Gasteiger partial charge is 0.341 e. The summed E-state index contributed by atoms with van der Waals surface area (Å²) in [6, 6.07) is 42.0. The average Bonchev–Trinajstić information content (AvgIpc) is 3.30. The molecule has 0 saturated carbocycles. The highest BCUT2D eigenvalue weighted by Crippen LogP contribution is 2.34. The molecule has 0 fully saturated rings. The van der Waals surface area contributed by atoms with Gasteiger partial charge in [0.2, 0.25) is 0 Å². The van der Waals surface area contributed by atoms with E-state index in [4.69, 9.17) is 0 Å². The first-order valence-corrected chi connectivity index (χ1v) is 12.9. The minimum Gasteiger partial charge on any atom is -0.341 e. The first-order valence-electron chi connectivity index (χ1n) is 12.9. The molecule has 5 aromatic carbocycles. The molecule has 6 rings (SSSR count). The summed E-state index contributed by atoms with van der Waals surface area (Å²) in [5.41, 5.74) is 8.67. The number of para-hydroxylation sites is 2. The molecule has 3 heteroatoms. The predicted molar refractivity (Wildman–Crippen MR) is 161 cm³/mol. The fourth-order valence-corrected chi connectivity index (χ4v) is 5.19. The van der Waals surface area contributed by atoms with Crippen molar-refractivity contribution >= 4 is 57.3 Å². The number of benzene rings is 5. The van der Waals surface area contributed by atoms with Crippen molar-refractivity contribution in [2.45, 2.75) is 13.5 Å². The van der Waals surface area contributed by atoms with Gasteiger partial charge in [0.15, 0.2) is 0 Å². The molecule has 0 aliphatic carbocycles. The van der Waals surface area contributed by atoms with Gasteiger partial charge in [0.1, 0.15) is 6.29 Å². The van der Waals surface area contributed by atoms with Crippen molar-refractivity contribution in [3.05, 3.63) is 138 Å². The van der Waals surface area contributed by atoms with E-state index < -0.39 is 0 Å². The molecule has 184 valence electrons. The van der Waals surface area contributed by atoms with E-state index in [1.54, 1.807) is 0 Å². The Bertz CT molecular complexity index is 1710. The Labute approximate surface area is 222 Å². The van der Waals surface area contributed by atoms with Gasteiger partial charge in [-0.3, -0.25) is 4.79 Å². The lowest BCUT2D eigenvalue weighted by atomic mass is 10.1. The Balaban J connectivity index is 1.32. The highest BCUT2D eigenvalue weighted by atomic mass is 16.1. The second-order valence-corrected chi connectivity index (χ2v) is 9.35. The topological polar surface area (TPSA) is 25.2 Å². The first kappa shape index (κ1) is 23.5. The molecule has 0 radical (unpaired) electrons. The van der Waals surface area contributed by atoms with Gasteiger partial charge in [-0.15, -0.1) is 0 Å². The summed E-state index contributed by atoms with van der Waals surface area (Å²) in [5, 5.41) is 2.29. The smallest absolute Gasteiger partial charge is 0.150 e. The van der Waals surface area contributed by atoms with E-state index in [2.05, 4.69) is 120 Å². The van der Waals surface area contributed by atoms with Crippen LogP contribution < -0.4 is 4.90 Å². The highest BCUT2D eigenvalue weighted by Gasteiger charge is 2.12. The second-order valence-electron chi connectivity index (χ2n) is 9.35. The zero-order valence-corrected chi connectivity index (χ0v) is 21.3. The van der Waals surface area contributed by atoms with Crippen LogP contribution in [0.2, 0.25) is 0 Å². The number of rotatable bonds is 7. The Hall–Kier alpha value is -4.89. The number of fused-ring (bicyclic) bond motifs is 3. The van der Waals surface area contributed by atoms with Gasteiger partial charge >= 0.3 is 0 Å². The van der Waals surface area contributed by atoms with Crippen LogP contribution in [-0.4, -0.2) is 10.9 Å². The Morgan fingerprint density at radius 2 is 1.05 bits per heavy atom. The Morgan fingerprint density at radius 1 is 0.579 bits per heavy atom. The third-order valence-corrected chi connectivity index (χ3v) is 7.01. The molecule has 0 N–H and O–H groups in total. The van der Waals surface area contributed by atoms with Crippen molar-refractivity contribution < 1.29 is 4.79 Å². The van der Waals surface area contributed by atoms with Crippen LogP contribution in [0.5, 0.6) is 0 Å². The summed E-state index contributed by atoms with van der Waals surface area (Å²) in [7, 11) is 0. The van der Waals surface area contributed by atoms with Gasteiger partial charge in [0.05, 0.1) is 0 Å². The van der Waals surface area contributed by atoms with E-state index in [0.717, 1.165) is 51.9 Å². The normalized spacial score (nSPS) is 11.4. The van der Waals surface area contributed by atoms with E-state index in [9.17, 15) is 4.79 Å². The van der Waals surface area contributed by atoms with E-state index in [-0.39, 0.29) is 0 Å². The molecule has 0 amide bonds. The molecule has 0 saturated heterocycles. The van der Waals surface area contributed by atoms with Crippen LogP contribution in [0.4, 0.5) is 17.1 Å². The molecule has 0 unspecified atom stereocenters. The quantitative estimate of drug-likeness (QED) is 0.164. The maximum Gasteiger partial charge on any atom is 0.150 e. The number of nitrogens with zero attached hydrogens (tertiary/aromatic N) is 2. The van der Waals surface area contributed by atoms with Crippen molar-refractivity contribution in [1.29, 1.82) is 0 Å². The van der Waals surface area contributed by atoms with Crippen molar-refractivity contribution in [2.75, 3.05) is 4.90 Å². The number of carbonyl (C=O) groups excluding carboxylic acids is 1. The predicted octanol–water partition coefficient (Wildman–Crippen LogP) is 9.27. The monoisotopic (exact) mass is 492 g/mol. The lowest BCUT2D eigenvalue weighted by Gasteiger charge is -2.25. The number of carbonyl (C=O) groups is 1. The Kier molecular flexibility index (Phi) is 6.33. The van der Waals surface area contributed by atoms with E-state index in [1.165, 1.54) is 10.9 Å². The number of anilines is 3. The van der Waals surface area contributed by atoms with Crippen LogP contribution in [0, 0.1) is 0 Å². The third-order valence-electron chi connectivity index (χ3n) is 7.01.